The second-order valence-corrected chi connectivity index (χ2v) is 3.26. The smallest absolute Gasteiger partial charge is 0.0678 e. The lowest BCUT2D eigenvalue weighted by atomic mass is 10.0. The zero-order valence-corrected chi connectivity index (χ0v) is 7.91. The molecule has 0 radical (unpaired) electrons. The molecule has 0 aliphatic rings. The van der Waals surface area contributed by atoms with Gasteiger partial charge in [0.2, 0.25) is 0 Å². The Morgan fingerprint density at radius 3 is 2.00 bits per heavy atom. The average molecular weight is 160 g/mol. The minimum atomic E-state index is -0.428. The monoisotopic (exact) mass is 160 g/mol. The van der Waals surface area contributed by atoms with Crippen molar-refractivity contribution in [2.75, 3.05) is 14.1 Å². The SMILES string of the molecule is CCC(C(N)C(C)O)N(C)C. The van der Waals surface area contributed by atoms with Crippen LogP contribution in [-0.4, -0.2) is 42.3 Å². The molecular weight excluding hydrogens is 140 g/mol. The normalized spacial score (nSPS) is 19.9. The van der Waals surface area contributed by atoms with E-state index in [0.717, 1.165) is 6.42 Å². The molecule has 0 amide bonds. The first-order chi connectivity index (χ1) is 5.00. The highest BCUT2D eigenvalue weighted by atomic mass is 16.3. The Morgan fingerprint density at radius 1 is 1.45 bits per heavy atom. The van der Waals surface area contributed by atoms with E-state index in [9.17, 15) is 5.11 Å². The molecule has 68 valence electrons. The van der Waals surface area contributed by atoms with E-state index in [1.54, 1.807) is 6.92 Å². The van der Waals surface area contributed by atoms with Crippen LogP contribution in [0.3, 0.4) is 0 Å². The molecule has 0 heterocycles. The fourth-order valence-corrected chi connectivity index (χ4v) is 1.30. The predicted molar refractivity (Wildman–Crippen MR) is 47.4 cm³/mol. The average Bonchev–Trinajstić information content (AvgIpc) is 1.88. The second-order valence-electron chi connectivity index (χ2n) is 3.26. The van der Waals surface area contributed by atoms with Crippen LogP contribution in [0.4, 0.5) is 0 Å². The molecule has 3 unspecified atom stereocenters. The quantitative estimate of drug-likeness (QED) is 0.610. The van der Waals surface area contributed by atoms with E-state index in [-0.39, 0.29) is 12.1 Å². The van der Waals surface area contributed by atoms with Crippen LogP contribution in [0.25, 0.3) is 0 Å². The molecule has 0 aromatic rings. The molecule has 3 nitrogen and oxygen atoms in total. The highest BCUT2D eigenvalue weighted by molar-refractivity contribution is 4.81. The number of hydrogen-bond acceptors (Lipinski definition) is 3. The summed E-state index contributed by atoms with van der Waals surface area (Å²) in [6.45, 7) is 3.81. The molecule has 3 N–H and O–H groups in total. The number of aliphatic hydroxyl groups is 1. The third-order valence-electron chi connectivity index (χ3n) is 2.08. The molecule has 0 rings (SSSR count). The predicted octanol–water partition coefficient (Wildman–Crippen LogP) is 0.0347. The molecule has 3 heteroatoms. The minimum absolute atomic E-state index is 0.144. The van der Waals surface area contributed by atoms with E-state index in [2.05, 4.69) is 11.8 Å². The Kier molecular flexibility index (Phi) is 4.65. The Morgan fingerprint density at radius 2 is 1.91 bits per heavy atom. The number of likely N-dealkylation sites (N-methyl/N-ethyl adjacent to an activating group) is 1. The number of nitrogens with two attached hydrogens (primary N) is 1. The maximum absolute atomic E-state index is 9.22. The van der Waals surface area contributed by atoms with Crippen LogP contribution in [-0.2, 0) is 0 Å². The van der Waals surface area contributed by atoms with E-state index < -0.39 is 6.10 Å². The van der Waals surface area contributed by atoms with E-state index in [0.29, 0.717) is 0 Å². The Labute approximate surface area is 69.2 Å². The molecule has 3 atom stereocenters. The largest absolute Gasteiger partial charge is 0.392 e. The summed E-state index contributed by atoms with van der Waals surface area (Å²) in [6, 6.07) is 0.130. The lowest BCUT2D eigenvalue weighted by Gasteiger charge is -2.30. The Hall–Kier alpha value is -0.120. The van der Waals surface area contributed by atoms with E-state index in [4.69, 9.17) is 5.73 Å². The first-order valence-corrected chi connectivity index (χ1v) is 4.10. The van der Waals surface area contributed by atoms with Crippen molar-refractivity contribution in [2.24, 2.45) is 5.73 Å². The maximum atomic E-state index is 9.22. The summed E-state index contributed by atoms with van der Waals surface area (Å²) in [4.78, 5) is 2.05. The molecular formula is C8H20N2O. The highest BCUT2D eigenvalue weighted by Gasteiger charge is 2.21. The van der Waals surface area contributed by atoms with Crippen LogP contribution < -0.4 is 5.73 Å². The van der Waals surface area contributed by atoms with Gasteiger partial charge < -0.3 is 15.7 Å². The van der Waals surface area contributed by atoms with Crippen molar-refractivity contribution in [2.45, 2.75) is 38.5 Å². The van der Waals surface area contributed by atoms with Crippen molar-refractivity contribution in [1.29, 1.82) is 0 Å². The first kappa shape index (κ1) is 10.9. The number of hydrogen-bond donors (Lipinski definition) is 2. The van der Waals surface area contributed by atoms with Crippen molar-refractivity contribution in [3.8, 4) is 0 Å². The van der Waals surface area contributed by atoms with Gasteiger partial charge in [-0.3, -0.25) is 0 Å². The fourth-order valence-electron chi connectivity index (χ4n) is 1.30. The molecule has 0 spiro atoms. The van der Waals surface area contributed by atoms with Gasteiger partial charge in [0, 0.05) is 12.1 Å². The van der Waals surface area contributed by atoms with Crippen LogP contribution >= 0.6 is 0 Å². The number of nitrogens with zero attached hydrogens (tertiary/aromatic N) is 1. The summed E-state index contributed by atoms with van der Waals surface area (Å²) in [5, 5.41) is 9.22. The third kappa shape index (κ3) is 3.18. The van der Waals surface area contributed by atoms with Gasteiger partial charge in [0.05, 0.1) is 6.10 Å². The maximum Gasteiger partial charge on any atom is 0.0678 e. The third-order valence-corrected chi connectivity index (χ3v) is 2.08. The van der Waals surface area contributed by atoms with Crippen LogP contribution in [0.2, 0.25) is 0 Å². The van der Waals surface area contributed by atoms with E-state index in [1.807, 2.05) is 14.1 Å². The summed E-state index contributed by atoms with van der Waals surface area (Å²) < 4.78 is 0. The lowest BCUT2D eigenvalue weighted by molar-refractivity contribution is 0.110. The van der Waals surface area contributed by atoms with Gasteiger partial charge in [0.25, 0.3) is 0 Å². The number of rotatable bonds is 4. The van der Waals surface area contributed by atoms with Gasteiger partial charge in [0.15, 0.2) is 0 Å². The van der Waals surface area contributed by atoms with Gasteiger partial charge >= 0.3 is 0 Å². The highest BCUT2D eigenvalue weighted by Crippen LogP contribution is 2.06. The molecule has 0 saturated carbocycles. The Balaban J connectivity index is 4.02. The van der Waals surface area contributed by atoms with Gasteiger partial charge in [0.1, 0.15) is 0 Å². The molecule has 0 aromatic carbocycles. The summed E-state index contributed by atoms with van der Waals surface area (Å²) in [5.41, 5.74) is 5.78. The minimum Gasteiger partial charge on any atom is -0.392 e. The second kappa shape index (κ2) is 4.70. The van der Waals surface area contributed by atoms with Crippen LogP contribution in [0.5, 0.6) is 0 Å². The summed E-state index contributed by atoms with van der Waals surface area (Å²) in [7, 11) is 3.97. The summed E-state index contributed by atoms with van der Waals surface area (Å²) in [6.07, 6.45) is 0.543. The zero-order valence-electron chi connectivity index (χ0n) is 7.91. The standard InChI is InChI=1S/C8H20N2O/c1-5-7(10(3)4)8(9)6(2)11/h6-8,11H,5,9H2,1-4H3. The zero-order chi connectivity index (χ0) is 9.02. The molecule has 11 heavy (non-hydrogen) atoms. The Bertz CT molecular complexity index is 104. The van der Waals surface area contributed by atoms with Gasteiger partial charge in [-0.25, -0.2) is 0 Å². The number of aliphatic hydroxyl groups excluding tert-OH is 1. The summed E-state index contributed by atoms with van der Waals surface area (Å²) >= 11 is 0. The molecule has 0 aromatic heterocycles. The summed E-state index contributed by atoms with van der Waals surface area (Å²) in [5.74, 6) is 0. The fraction of sp³-hybridized carbons (Fsp3) is 1.00. The van der Waals surface area contributed by atoms with Gasteiger partial charge in [-0.1, -0.05) is 6.92 Å². The van der Waals surface area contributed by atoms with E-state index >= 15 is 0 Å². The molecule has 0 fully saturated rings. The van der Waals surface area contributed by atoms with Crippen LogP contribution in [0.1, 0.15) is 20.3 Å². The first-order valence-electron chi connectivity index (χ1n) is 4.10. The van der Waals surface area contributed by atoms with Gasteiger partial charge in [-0.05, 0) is 27.4 Å². The van der Waals surface area contributed by atoms with Crippen LogP contribution in [0.15, 0.2) is 0 Å². The molecule has 0 bridgehead atoms. The van der Waals surface area contributed by atoms with Crippen molar-refractivity contribution in [3.05, 3.63) is 0 Å². The van der Waals surface area contributed by atoms with Crippen molar-refractivity contribution in [3.63, 3.8) is 0 Å². The van der Waals surface area contributed by atoms with Crippen molar-refractivity contribution >= 4 is 0 Å². The topological polar surface area (TPSA) is 49.5 Å². The van der Waals surface area contributed by atoms with Crippen molar-refractivity contribution in [1.82, 2.24) is 4.90 Å². The lowest BCUT2D eigenvalue weighted by Crippen LogP contribution is -2.49. The molecule has 0 aliphatic heterocycles. The molecule has 0 saturated heterocycles. The van der Waals surface area contributed by atoms with E-state index in [1.165, 1.54) is 0 Å². The molecule has 0 aliphatic carbocycles. The van der Waals surface area contributed by atoms with Gasteiger partial charge in [-0.2, -0.15) is 0 Å². The van der Waals surface area contributed by atoms with Crippen LogP contribution in [0, 0.1) is 0 Å². The van der Waals surface area contributed by atoms with Crippen molar-refractivity contribution < 1.29 is 5.11 Å². The van der Waals surface area contributed by atoms with Gasteiger partial charge in [-0.15, -0.1) is 0 Å².